The average molecular weight is 274 g/mol. The van der Waals surface area contributed by atoms with Gasteiger partial charge in [0, 0.05) is 17.5 Å². The summed E-state index contributed by atoms with van der Waals surface area (Å²) in [4.78, 5) is 4.56. The van der Waals surface area contributed by atoms with E-state index in [0.717, 1.165) is 22.2 Å². The third-order valence-electron chi connectivity index (χ3n) is 3.46. The fraction of sp³-hybridized carbons (Fsp3) is 0.111. The number of nitriles is 1. The molecule has 21 heavy (non-hydrogen) atoms. The highest BCUT2D eigenvalue weighted by Gasteiger charge is 2.10. The van der Waals surface area contributed by atoms with E-state index in [2.05, 4.69) is 11.1 Å². The van der Waals surface area contributed by atoms with Gasteiger partial charge in [0.15, 0.2) is 0 Å². The number of hydrogen-bond donors (Lipinski definition) is 1. The van der Waals surface area contributed by atoms with Crippen molar-refractivity contribution >= 4 is 10.9 Å². The Labute approximate surface area is 123 Å². The summed E-state index contributed by atoms with van der Waals surface area (Å²) in [7, 11) is 0. The van der Waals surface area contributed by atoms with Crippen LogP contribution < -0.4 is 0 Å². The zero-order chi connectivity index (χ0) is 14.7. The van der Waals surface area contributed by atoms with Crippen LogP contribution in [0.15, 0.2) is 60.7 Å². The molecular weight excluding hydrogens is 260 g/mol. The maximum Gasteiger partial charge on any atom is 0.0991 e. The lowest BCUT2D eigenvalue weighted by Gasteiger charge is -2.11. The van der Waals surface area contributed by atoms with Gasteiger partial charge in [-0.15, -0.1) is 0 Å². The smallest absolute Gasteiger partial charge is 0.0991 e. The second-order valence-corrected chi connectivity index (χ2v) is 4.95. The van der Waals surface area contributed by atoms with Crippen LogP contribution in [0.5, 0.6) is 0 Å². The topological polar surface area (TPSA) is 56.9 Å². The summed E-state index contributed by atoms with van der Waals surface area (Å²) >= 11 is 0. The SMILES string of the molecule is N#Cc1cccc(C(O)Cc2ccc3ccccc3n2)c1. The molecule has 102 valence electrons. The number of para-hydroxylation sites is 1. The molecule has 0 radical (unpaired) electrons. The molecule has 1 N–H and O–H groups in total. The van der Waals surface area contributed by atoms with Crippen molar-refractivity contribution in [3.63, 3.8) is 0 Å². The number of pyridine rings is 1. The summed E-state index contributed by atoms with van der Waals surface area (Å²) in [5, 5.41) is 20.3. The normalized spacial score (nSPS) is 12.0. The maximum atomic E-state index is 10.3. The number of aromatic nitrogens is 1. The molecule has 1 atom stereocenters. The molecule has 3 rings (SSSR count). The first-order valence-corrected chi connectivity index (χ1v) is 6.79. The molecule has 1 unspecified atom stereocenters. The molecule has 0 aliphatic rings. The predicted molar refractivity (Wildman–Crippen MR) is 81.6 cm³/mol. The third kappa shape index (κ3) is 2.91. The van der Waals surface area contributed by atoms with Crippen molar-refractivity contribution in [1.29, 1.82) is 5.26 Å². The minimum absolute atomic E-state index is 0.430. The molecule has 0 amide bonds. The highest BCUT2D eigenvalue weighted by molar-refractivity contribution is 5.78. The molecule has 0 aliphatic heterocycles. The predicted octanol–water partition coefficient (Wildman–Crippen LogP) is 3.38. The number of aliphatic hydroxyl groups is 1. The second kappa shape index (κ2) is 5.74. The number of aliphatic hydroxyl groups excluding tert-OH is 1. The average Bonchev–Trinajstić information content (AvgIpc) is 2.54. The van der Waals surface area contributed by atoms with Gasteiger partial charge in [-0.2, -0.15) is 5.26 Å². The van der Waals surface area contributed by atoms with E-state index in [1.807, 2.05) is 42.5 Å². The van der Waals surface area contributed by atoms with E-state index in [1.54, 1.807) is 18.2 Å². The molecule has 3 heteroatoms. The van der Waals surface area contributed by atoms with E-state index in [-0.39, 0.29) is 0 Å². The van der Waals surface area contributed by atoms with Gasteiger partial charge in [0.05, 0.1) is 23.3 Å². The van der Waals surface area contributed by atoms with Crippen molar-refractivity contribution in [2.75, 3.05) is 0 Å². The molecule has 2 aromatic carbocycles. The first kappa shape index (κ1) is 13.3. The van der Waals surface area contributed by atoms with Gasteiger partial charge in [0.25, 0.3) is 0 Å². The minimum Gasteiger partial charge on any atom is -0.388 e. The number of fused-ring (bicyclic) bond motifs is 1. The number of rotatable bonds is 3. The molecule has 0 saturated heterocycles. The third-order valence-corrected chi connectivity index (χ3v) is 3.46. The van der Waals surface area contributed by atoms with Gasteiger partial charge in [-0.1, -0.05) is 36.4 Å². The molecule has 0 spiro atoms. The lowest BCUT2D eigenvalue weighted by molar-refractivity contribution is 0.177. The van der Waals surface area contributed by atoms with Gasteiger partial charge in [0.2, 0.25) is 0 Å². The number of benzene rings is 2. The number of hydrogen-bond acceptors (Lipinski definition) is 3. The second-order valence-electron chi connectivity index (χ2n) is 4.95. The first-order chi connectivity index (χ1) is 10.3. The summed E-state index contributed by atoms with van der Waals surface area (Å²) in [5.74, 6) is 0. The molecule has 0 saturated carbocycles. The minimum atomic E-state index is -0.660. The molecule has 0 bridgehead atoms. The van der Waals surface area contributed by atoms with Gasteiger partial charge >= 0.3 is 0 Å². The van der Waals surface area contributed by atoms with Gasteiger partial charge in [-0.05, 0) is 29.8 Å². The van der Waals surface area contributed by atoms with Crippen molar-refractivity contribution in [2.24, 2.45) is 0 Å². The Morgan fingerprint density at radius 2 is 1.90 bits per heavy atom. The summed E-state index contributed by atoms with van der Waals surface area (Å²) in [5.41, 5.74) is 3.05. The van der Waals surface area contributed by atoms with Crippen LogP contribution in [0.3, 0.4) is 0 Å². The highest BCUT2D eigenvalue weighted by atomic mass is 16.3. The summed E-state index contributed by atoms with van der Waals surface area (Å²) in [6.45, 7) is 0. The van der Waals surface area contributed by atoms with E-state index >= 15 is 0 Å². The molecule has 0 fully saturated rings. The molecule has 3 aromatic rings. The largest absolute Gasteiger partial charge is 0.388 e. The van der Waals surface area contributed by atoms with Crippen LogP contribution >= 0.6 is 0 Å². The van der Waals surface area contributed by atoms with Gasteiger partial charge in [-0.25, -0.2) is 0 Å². The van der Waals surface area contributed by atoms with Crippen molar-refractivity contribution in [2.45, 2.75) is 12.5 Å². The van der Waals surface area contributed by atoms with Crippen molar-refractivity contribution < 1.29 is 5.11 Å². The molecule has 1 aromatic heterocycles. The van der Waals surface area contributed by atoms with Crippen LogP contribution in [0.2, 0.25) is 0 Å². The van der Waals surface area contributed by atoms with Gasteiger partial charge in [0.1, 0.15) is 0 Å². The Morgan fingerprint density at radius 1 is 1.05 bits per heavy atom. The van der Waals surface area contributed by atoms with Crippen LogP contribution in [0.25, 0.3) is 10.9 Å². The fourth-order valence-corrected chi connectivity index (χ4v) is 2.35. The number of nitrogens with zero attached hydrogens (tertiary/aromatic N) is 2. The molecule has 3 nitrogen and oxygen atoms in total. The maximum absolute atomic E-state index is 10.3. The monoisotopic (exact) mass is 274 g/mol. The summed E-state index contributed by atoms with van der Waals surface area (Å²) in [6, 6.07) is 21.0. The Bertz CT molecular complexity index is 821. The van der Waals surface area contributed by atoms with Crippen molar-refractivity contribution in [1.82, 2.24) is 4.98 Å². The van der Waals surface area contributed by atoms with E-state index in [4.69, 9.17) is 5.26 Å². The molecular formula is C18H14N2O. The quantitative estimate of drug-likeness (QED) is 0.796. The fourth-order valence-electron chi connectivity index (χ4n) is 2.35. The van der Waals surface area contributed by atoms with E-state index < -0.39 is 6.10 Å². The zero-order valence-electron chi connectivity index (χ0n) is 11.4. The van der Waals surface area contributed by atoms with E-state index in [1.165, 1.54) is 0 Å². The Kier molecular flexibility index (Phi) is 3.63. The lowest BCUT2D eigenvalue weighted by Crippen LogP contribution is -2.03. The summed E-state index contributed by atoms with van der Waals surface area (Å²) in [6.07, 6.45) is -0.230. The Hall–Kier alpha value is -2.70. The van der Waals surface area contributed by atoms with Gasteiger partial charge < -0.3 is 5.11 Å². The van der Waals surface area contributed by atoms with Crippen LogP contribution in [0.4, 0.5) is 0 Å². The van der Waals surface area contributed by atoms with Crippen molar-refractivity contribution in [3.05, 3.63) is 77.5 Å². The van der Waals surface area contributed by atoms with E-state index in [9.17, 15) is 5.11 Å². The van der Waals surface area contributed by atoms with Crippen LogP contribution in [-0.2, 0) is 6.42 Å². The van der Waals surface area contributed by atoms with Crippen LogP contribution in [-0.4, -0.2) is 10.1 Å². The van der Waals surface area contributed by atoms with Crippen molar-refractivity contribution in [3.8, 4) is 6.07 Å². The lowest BCUT2D eigenvalue weighted by atomic mass is 10.0. The van der Waals surface area contributed by atoms with Crippen LogP contribution in [0, 0.1) is 11.3 Å². The zero-order valence-corrected chi connectivity index (χ0v) is 11.4. The molecule has 1 heterocycles. The molecule has 0 aliphatic carbocycles. The van der Waals surface area contributed by atoms with Crippen LogP contribution in [0.1, 0.15) is 22.9 Å². The van der Waals surface area contributed by atoms with E-state index in [0.29, 0.717) is 12.0 Å². The van der Waals surface area contributed by atoms with Gasteiger partial charge in [-0.3, -0.25) is 4.98 Å². The first-order valence-electron chi connectivity index (χ1n) is 6.79. The standard InChI is InChI=1S/C18H14N2O/c19-12-13-4-3-6-15(10-13)18(21)11-16-9-8-14-5-1-2-7-17(14)20-16/h1-10,18,21H,11H2. The Balaban J connectivity index is 1.85. The highest BCUT2D eigenvalue weighted by Crippen LogP contribution is 2.20. The summed E-state index contributed by atoms with van der Waals surface area (Å²) < 4.78 is 0. The Morgan fingerprint density at radius 3 is 2.76 bits per heavy atom.